The summed E-state index contributed by atoms with van der Waals surface area (Å²) in [6.07, 6.45) is 1.67. The molecule has 2 rings (SSSR count). The third-order valence-electron chi connectivity index (χ3n) is 3.91. The van der Waals surface area contributed by atoms with Gasteiger partial charge in [-0.3, -0.25) is 14.8 Å². The van der Waals surface area contributed by atoms with E-state index in [1.165, 1.54) is 0 Å². The largest absolute Gasteiger partial charge is 0.497 e. The van der Waals surface area contributed by atoms with E-state index in [0.717, 1.165) is 18.4 Å². The molecule has 1 unspecified atom stereocenters. The van der Waals surface area contributed by atoms with Crippen molar-refractivity contribution in [1.82, 2.24) is 10.8 Å². The van der Waals surface area contributed by atoms with Crippen LogP contribution >= 0.6 is 0 Å². The van der Waals surface area contributed by atoms with Gasteiger partial charge in [0.25, 0.3) is 11.8 Å². The first-order valence-electron chi connectivity index (χ1n) is 8.08. The molecule has 0 aliphatic rings. The molecule has 2 aromatic carbocycles. The van der Waals surface area contributed by atoms with Crippen LogP contribution in [0.5, 0.6) is 5.75 Å². The molecule has 0 aliphatic carbocycles. The van der Waals surface area contributed by atoms with Gasteiger partial charge in [-0.15, -0.1) is 0 Å². The zero-order valence-electron chi connectivity index (χ0n) is 14.3. The minimum Gasteiger partial charge on any atom is -0.497 e. The summed E-state index contributed by atoms with van der Waals surface area (Å²) < 4.78 is 5.10. The summed E-state index contributed by atoms with van der Waals surface area (Å²) in [6, 6.07) is 13.5. The fraction of sp³-hybridized carbons (Fsp3) is 0.263. The highest BCUT2D eigenvalue weighted by Gasteiger charge is 2.16. The quantitative estimate of drug-likeness (QED) is 0.533. The maximum Gasteiger partial charge on any atom is 0.274 e. The highest BCUT2D eigenvalue weighted by molar-refractivity contribution is 5.95. The van der Waals surface area contributed by atoms with Crippen molar-refractivity contribution >= 4 is 11.8 Å². The average Bonchev–Trinajstić information content (AvgIpc) is 2.67. The summed E-state index contributed by atoms with van der Waals surface area (Å²) in [4.78, 5) is 23.9. The van der Waals surface area contributed by atoms with Gasteiger partial charge in [-0.1, -0.05) is 25.5 Å². The number of hydrogen-bond acceptors (Lipinski definition) is 4. The first-order valence-corrected chi connectivity index (χ1v) is 8.08. The monoisotopic (exact) mass is 342 g/mol. The Labute approximate surface area is 146 Å². The number of ether oxygens (including phenoxy) is 1. The molecule has 0 aromatic heterocycles. The third-order valence-corrected chi connectivity index (χ3v) is 3.91. The van der Waals surface area contributed by atoms with Crippen LogP contribution in [-0.4, -0.2) is 24.1 Å². The van der Waals surface area contributed by atoms with Crippen LogP contribution < -0.4 is 15.5 Å². The molecule has 0 fully saturated rings. The van der Waals surface area contributed by atoms with Crippen molar-refractivity contribution < 1.29 is 19.5 Å². The fourth-order valence-electron chi connectivity index (χ4n) is 2.53. The van der Waals surface area contributed by atoms with Gasteiger partial charge in [-0.05, 0) is 48.4 Å². The van der Waals surface area contributed by atoms with Gasteiger partial charge in [0.05, 0.1) is 13.2 Å². The van der Waals surface area contributed by atoms with E-state index in [1.54, 1.807) is 61.1 Å². The number of carbonyl (C=O) groups excluding carboxylic acids is 2. The van der Waals surface area contributed by atoms with Gasteiger partial charge in [0.1, 0.15) is 5.75 Å². The van der Waals surface area contributed by atoms with Crippen LogP contribution in [0.3, 0.4) is 0 Å². The Bertz CT molecular complexity index is 711. The molecule has 3 N–H and O–H groups in total. The van der Waals surface area contributed by atoms with E-state index in [0.29, 0.717) is 16.9 Å². The van der Waals surface area contributed by atoms with E-state index in [4.69, 9.17) is 9.94 Å². The highest BCUT2D eigenvalue weighted by Crippen LogP contribution is 2.20. The van der Waals surface area contributed by atoms with Crippen molar-refractivity contribution in [2.75, 3.05) is 7.11 Å². The van der Waals surface area contributed by atoms with Gasteiger partial charge in [-0.2, -0.15) is 0 Å². The van der Waals surface area contributed by atoms with E-state index in [9.17, 15) is 9.59 Å². The summed E-state index contributed by atoms with van der Waals surface area (Å²) in [5.74, 6) is -0.0430. The topological polar surface area (TPSA) is 87.7 Å². The summed E-state index contributed by atoms with van der Waals surface area (Å²) >= 11 is 0. The summed E-state index contributed by atoms with van der Waals surface area (Å²) in [6.45, 7) is 2.04. The van der Waals surface area contributed by atoms with Gasteiger partial charge in [-0.25, -0.2) is 5.48 Å². The smallest absolute Gasteiger partial charge is 0.274 e. The summed E-state index contributed by atoms with van der Waals surface area (Å²) in [5.41, 5.74) is 3.40. The first-order chi connectivity index (χ1) is 12.1. The van der Waals surface area contributed by atoms with Crippen molar-refractivity contribution in [2.24, 2.45) is 0 Å². The van der Waals surface area contributed by atoms with Crippen molar-refractivity contribution in [3.05, 3.63) is 65.2 Å². The van der Waals surface area contributed by atoms with Gasteiger partial charge in [0.15, 0.2) is 0 Å². The first kappa shape index (κ1) is 18.5. The Balaban J connectivity index is 2.13. The van der Waals surface area contributed by atoms with Crippen molar-refractivity contribution in [3.63, 3.8) is 0 Å². The molecule has 6 heteroatoms. The minimum absolute atomic E-state index is 0.161. The van der Waals surface area contributed by atoms with Crippen LogP contribution in [0.2, 0.25) is 0 Å². The number of hydroxylamine groups is 1. The Kier molecular flexibility index (Phi) is 6.54. The lowest BCUT2D eigenvalue weighted by atomic mass is 10.00. The van der Waals surface area contributed by atoms with E-state index in [2.05, 4.69) is 5.32 Å². The van der Waals surface area contributed by atoms with Crippen LogP contribution in [0.15, 0.2) is 48.5 Å². The SMILES string of the molecule is CCCC(NC(=O)c1ccc(OC)cc1)c1ccc(C(=O)NO)cc1. The predicted octanol–water partition coefficient (Wildman–Crippen LogP) is 3.09. The second kappa shape index (κ2) is 8.84. The minimum atomic E-state index is -0.569. The number of carbonyl (C=O) groups is 2. The maximum atomic E-state index is 12.5. The molecule has 6 nitrogen and oxygen atoms in total. The van der Waals surface area contributed by atoms with Crippen LogP contribution in [0.1, 0.15) is 52.1 Å². The van der Waals surface area contributed by atoms with Gasteiger partial charge in [0.2, 0.25) is 0 Å². The molecule has 2 amide bonds. The second-order valence-electron chi connectivity index (χ2n) is 5.61. The zero-order valence-corrected chi connectivity index (χ0v) is 14.3. The predicted molar refractivity (Wildman–Crippen MR) is 93.8 cm³/mol. The van der Waals surface area contributed by atoms with Crippen LogP contribution in [0, 0.1) is 0 Å². The number of methoxy groups -OCH3 is 1. The van der Waals surface area contributed by atoms with E-state index < -0.39 is 5.91 Å². The highest BCUT2D eigenvalue weighted by atomic mass is 16.5. The molecule has 1 atom stereocenters. The van der Waals surface area contributed by atoms with Crippen LogP contribution in [0.4, 0.5) is 0 Å². The van der Waals surface area contributed by atoms with Crippen molar-refractivity contribution in [2.45, 2.75) is 25.8 Å². The van der Waals surface area contributed by atoms with Crippen molar-refractivity contribution in [1.29, 1.82) is 0 Å². The van der Waals surface area contributed by atoms with Crippen LogP contribution in [-0.2, 0) is 0 Å². The van der Waals surface area contributed by atoms with E-state index >= 15 is 0 Å². The van der Waals surface area contributed by atoms with E-state index in [1.807, 2.05) is 6.92 Å². The molecular formula is C19H22N2O4. The Morgan fingerprint density at radius 2 is 1.56 bits per heavy atom. The summed E-state index contributed by atoms with van der Waals surface area (Å²) in [5, 5.41) is 11.7. The van der Waals surface area contributed by atoms with Crippen molar-refractivity contribution in [3.8, 4) is 5.75 Å². The molecule has 0 spiro atoms. The molecule has 0 saturated carbocycles. The second-order valence-corrected chi connectivity index (χ2v) is 5.61. The lowest BCUT2D eigenvalue weighted by molar-refractivity contribution is 0.0706. The average molecular weight is 342 g/mol. The Hall–Kier alpha value is -2.86. The molecule has 0 bridgehead atoms. The molecular weight excluding hydrogens is 320 g/mol. The zero-order chi connectivity index (χ0) is 18.2. The van der Waals surface area contributed by atoms with Gasteiger partial charge < -0.3 is 10.1 Å². The lowest BCUT2D eigenvalue weighted by Gasteiger charge is -2.19. The van der Waals surface area contributed by atoms with E-state index in [-0.39, 0.29) is 11.9 Å². The molecule has 0 saturated heterocycles. The number of nitrogens with one attached hydrogen (secondary N) is 2. The lowest BCUT2D eigenvalue weighted by Crippen LogP contribution is -2.28. The molecule has 2 aromatic rings. The molecule has 132 valence electrons. The summed E-state index contributed by atoms with van der Waals surface area (Å²) in [7, 11) is 1.58. The Morgan fingerprint density at radius 1 is 1.00 bits per heavy atom. The maximum absolute atomic E-state index is 12.5. The standard InChI is InChI=1S/C19H22N2O4/c1-3-4-17(13-5-7-15(8-6-13)19(23)21-24)20-18(22)14-9-11-16(25-2)12-10-14/h5-12,17,24H,3-4H2,1-2H3,(H,20,22)(H,21,23). The van der Waals surface area contributed by atoms with Crippen LogP contribution in [0.25, 0.3) is 0 Å². The van der Waals surface area contributed by atoms with Gasteiger partial charge in [0, 0.05) is 11.1 Å². The normalized spacial score (nSPS) is 11.5. The Morgan fingerprint density at radius 3 is 2.08 bits per heavy atom. The number of benzene rings is 2. The molecule has 0 radical (unpaired) electrons. The molecule has 25 heavy (non-hydrogen) atoms. The molecule has 0 heterocycles. The third kappa shape index (κ3) is 4.81. The number of amides is 2. The fourth-order valence-corrected chi connectivity index (χ4v) is 2.53. The molecule has 0 aliphatic heterocycles. The van der Waals surface area contributed by atoms with Gasteiger partial charge >= 0.3 is 0 Å². The number of rotatable bonds is 7. The number of hydrogen-bond donors (Lipinski definition) is 3.